The van der Waals surface area contributed by atoms with Crippen molar-refractivity contribution in [3.8, 4) is 6.07 Å². The maximum atomic E-state index is 12.3. The van der Waals surface area contributed by atoms with Gasteiger partial charge in [-0.3, -0.25) is 4.79 Å². The van der Waals surface area contributed by atoms with Gasteiger partial charge in [-0.25, -0.2) is 4.79 Å². The molecule has 1 fully saturated rings. The van der Waals surface area contributed by atoms with Gasteiger partial charge < -0.3 is 9.64 Å². The molecule has 0 spiro atoms. The molecule has 1 heterocycles. The van der Waals surface area contributed by atoms with Gasteiger partial charge in [-0.1, -0.05) is 19.1 Å². The van der Waals surface area contributed by atoms with Gasteiger partial charge in [0.2, 0.25) is 0 Å². The van der Waals surface area contributed by atoms with Gasteiger partial charge in [-0.05, 0) is 36.5 Å². The van der Waals surface area contributed by atoms with Crippen LogP contribution in [0.4, 0.5) is 13.2 Å². The molecular weight excluding hydrogens is 337 g/mol. The topological polar surface area (TPSA) is 70.4 Å². The first-order valence-electron chi connectivity index (χ1n) is 7.76. The van der Waals surface area contributed by atoms with Gasteiger partial charge in [0, 0.05) is 6.54 Å². The molecule has 0 aliphatic carbocycles. The molecule has 134 valence electrons. The van der Waals surface area contributed by atoms with E-state index >= 15 is 0 Å². The first kappa shape index (κ1) is 18.8. The number of nitriles is 1. The van der Waals surface area contributed by atoms with Crippen LogP contribution in [-0.4, -0.2) is 36.1 Å². The van der Waals surface area contributed by atoms with Crippen LogP contribution < -0.4 is 0 Å². The van der Waals surface area contributed by atoms with Crippen molar-refractivity contribution in [3.05, 3.63) is 35.4 Å². The van der Waals surface area contributed by atoms with E-state index in [0.717, 1.165) is 12.0 Å². The first-order chi connectivity index (χ1) is 11.7. The minimum Gasteiger partial charge on any atom is -0.449 e. The summed E-state index contributed by atoms with van der Waals surface area (Å²) in [6.07, 6.45) is -3.30. The maximum absolute atomic E-state index is 12.3. The second-order valence-corrected chi connectivity index (χ2v) is 6.08. The summed E-state index contributed by atoms with van der Waals surface area (Å²) in [5.41, 5.74) is 1.18. The molecule has 1 aromatic rings. The molecule has 8 heteroatoms. The highest BCUT2D eigenvalue weighted by Gasteiger charge is 2.37. The lowest BCUT2D eigenvalue weighted by Crippen LogP contribution is -2.45. The second kappa shape index (κ2) is 7.55. The maximum Gasteiger partial charge on any atom is 0.422 e. The third-order valence-corrected chi connectivity index (χ3v) is 4.04. The molecule has 0 radical (unpaired) electrons. The van der Waals surface area contributed by atoms with Crippen LogP contribution in [0.15, 0.2) is 24.3 Å². The fraction of sp³-hybridized carbons (Fsp3) is 0.471. The quantitative estimate of drug-likeness (QED) is 0.605. The van der Waals surface area contributed by atoms with Gasteiger partial charge in [-0.15, -0.1) is 0 Å². The Balaban J connectivity index is 2.16. The van der Waals surface area contributed by atoms with Crippen molar-refractivity contribution in [1.82, 2.24) is 4.90 Å². The first-order valence-corrected chi connectivity index (χ1v) is 7.76. The third kappa shape index (κ3) is 4.95. The Morgan fingerprint density at radius 3 is 2.48 bits per heavy atom. The molecule has 2 atom stereocenters. The number of hydrogen-bond acceptors (Lipinski definition) is 4. The van der Waals surface area contributed by atoms with Crippen LogP contribution in [0, 0.1) is 17.2 Å². The molecule has 1 aromatic carbocycles. The summed E-state index contributed by atoms with van der Waals surface area (Å²) in [6.45, 7) is 0.365. The molecule has 5 nitrogen and oxygen atoms in total. The van der Waals surface area contributed by atoms with E-state index in [2.05, 4.69) is 4.74 Å². The van der Waals surface area contributed by atoms with Gasteiger partial charge in [0.25, 0.3) is 0 Å². The smallest absolute Gasteiger partial charge is 0.422 e. The SMILES string of the molecule is C[C@H]1CC[C@H](c2ccc(C#N)cc2)N(C(=O)C(=O)OCC(F)(F)F)C1. The van der Waals surface area contributed by atoms with E-state index in [4.69, 9.17) is 5.26 Å². The van der Waals surface area contributed by atoms with Crippen molar-refractivity contribution in [1.29, 1.82) is 5.26 Å². The predicted molar refractivity (Wildman–Crippen MR) is 81.0 cm³/mol. The number of carbonyl (C=O) groups excluding carboxylic acids is 2. The Morgan fingerprint density at radius 1 is 1.28 bits per heavy atom. The standard InChI is InChI=1S/C17H17F3N2O3/c1-11-2-7-14(13-5-3-12(8-21)4-6-13)22(9-11)15(23)16(24)25-10-17(18,19)20/h3-6,11,14H,2,7,9-10H2,1H3/t11-,14+/m0/s1. The summed E-state index contributed by atoms with van der Waals surface area (Å²) in [7, 11) is 0. The van der Waals surface area contributed by atoms with Gasteiger partial charge in [0.15, 0.2) is 6.61 Å². The van der Waals surface area contributed by atoms with Crippen molar-refractivity contribution >= 4 is 11.9 Å². The largest absolute Gasteiger partial charge is 0.449 e. The highest BCUT2D eigenvalue weighted by Crippen LogP contribution is 2.33. The molecule has 0 N–H and O–H groups in total. The second-order valence-electron chi connectivity index (χ2n) is 6.08. The number of carbonyl (C=O) groups is 2. The number of benzene rings is 1. The van der Waals surface area contributed by atoms with E-state index in [9.17, 15) is 22.8 Å². The van der Waals surface area contributed by atoms with Crippen molar-refractivity contribution in [3.63, 3.8) is 0 Å². The lowest BCUT2D eigenvalue weighted by atomic mass is 9.89. The van der Waals surface area contributed by atoms with E-state index < -0.39 is 30.7 Å². The number of esters is 1. The highest BCUT2D eigenvalue weighted by molar-refractivity contribution is 6.32. The molecule has 0 unspecified atom stereocenters. The Hall–Kier alpha value is -2.56. The summed E-state index contributed by atoms with van der Waals surface area (Å²) in [6, 6.07) is 8.10. The zero-order chi connectivity index (χ0) is 18.6. The van der Waals surface area contributed by atoms with Crippen LogP contribution in [0.2, 0.25) is 0 Å². The number of likely N-dealkylation sites (tertiary alicyclic amines) is 1. The summed E-state index contributed by atoms with van der Waals surface area (Å²) < 4.78 is 40.6. The lowest BCUT2D eigenvalue weighted by Gasteiger charge is -2.38. The van der Waals surface area contributed by atoms with E-state index in [1.54, 1.807) is 24.3 Å². The Kier molecular flexibility index (Phi) is 5.67. The fourth-order valence-electron chi connectivity index (χ4n) is 2.83. The van der Waals surface area contributed by atoms with Crippen molar-refractivity contribution in [2.75, 3.05) is 13.2 Å². The van der Waals surface area contributed by atoms with Crippen LogP contribution in [0.25, 0.3) is 0 Å². The fourth-order valence-corrected chi connectivity index (χ4v) is 2.83. The summed E-state index contributed by atoms with van der Waals surface area (Å²) in [5.74, 6) is -2.47. The Labute approximate surface area is 143 Å². The summed E-state index contributed by atoms with van der Waals surface area (Å²) >= 11 is 0. The molecule has 1 aliphatic heterocycles. The van der Waals surface area contributed by atoms with E-state index in [1.807, 2.05) is 13.0 Å². The van der Waals surface area contributed by atoms with E-state index in [0.29, 0.717) is 12.0 Å². The number of rotatable bonds is 2. The Bertz CT molecular complexity index is 680. The minimum atomic E-state index is -4.68. The third-order valence-electron chi connectivity index (χ3n) is 4.04. The monoisotopic (exact) mass is 354 g/mol. The number of hydrogen-bond donors (Lipinski definition) is 0. The number of halogens is 3. The number of piperidine rings is 1. The lowest BCUT2D eigenvalue weighted by molar-refractivity contribution is -0.190. The van der Waals surface area contributed by atoms with Crippen molar-refractivity contribution in [2.45, 2.75) is 32.0 Å². The highest BCUT2D eigenvalue weighted by atomic mass is 19.4. The summed E-state index contributed by atoms with van der Waals surface area (Å²) in [4.78, 5) is 25.3. The number of ether oxygens (including phenoxy) is 1. The normalized spacial score (nSPS) is 20.7. The van der Waals surface area contributed by atoms with Crippen LogP contribution >= 0.6 is 0 Å². The van der Waals surface area contributed by atoms with Crippen LogP contribution in [0.5, 0.6) is 0 Å². The van der Waals surface area contributed by atoms with E-state index in [1.165, 1.54) is 4.90 Å². The molecule has 25 heavy (non-hydrogen) atoms. The van der Waals surface area contributed by atoms with E-state index in [-0.39, 0.29) is 12.5 Å². The van der Waals surface area contributed by atoms with Gasteiger partial charge in [-0.2, -0.15) is 18.4 Å². The van der Waals surface area contributed by atoms with Gasteiger partial charge >= 0.3 is 18.1 Å². The molecule has 1 amide bonds. The van der Waals surface area contributed by atoms with Crippen LogP contribution in [-0.2, 0) is 14.3 Å². The van der Waals surface area contributed by atoms with Crippen molar-refractivity contribution < 1.29 is 27.5 Å². The molecule has 2 rings (SSSR count). The summed E-state index contributed by atoms with van der Waals surface area (Å²) in [5, 5.41) is 8.84. The predicted octanol–water partition coefficient (Wildman–Crippen LogP) is 2.96. The van der Waals surface area contributed by atoms with Crippen LogP contribution in [0.3, 0.4) is 0 Å². The molecule has 1 saturated heterocycles. The zero-order valence-corrected chi connectivity index (χ0v) is 13.5. The minimum absolute atomic E-state index is 0.119. The number of nitrogens with zero attached hydrogens (tertiary/aromatic N) is 2. The Morgan fingerprint density at radius 2 is 1.92 bits per heavy atom. The van der Waals surface area contributed by atoms with Crippen molar-refractivity contribution in [2.24, 2.45) is 5.92 Å². The van der Waals surface area contributed by atoms with Gasteiger partial charge in [0.05, 0.1) is 17.7 Å². The number of alkyl halides is 3. The van der Waals surface area contributed by atoms with Crippen LogP contribution in [0.1, 0.15) is 36.9 Å². The molecular formula is C17H17F3N2O3. The molecule has 0 aromatic heterocycles. The molecule has 0 saturated carbocycles. The average Bonchev–Trinajstić information content (AvgIpc) is 2.58. The number of amides is 1. The average molecular weight is 354 g/mol. The molecule has 1 aliphatic rings. The zero-order valence-electron chi connectivity index (χ0n) is 13.5. The molecule has 0 bridgehead atoms. The van der Waals surface area contributed by atoms with Gasteiger partial charge in [0.1, 0.15) is 0 Å².